The summed E-state index contributed by atoms with van der Waals surface area (Å²) in [6, 6.07) is 96.5. The number of carbonyl (C=O) groups excluding carboxylic acids is 6. The highest BCUT2D eigenvalue weighted by atomic mass is 32.2. The number of carbonyl (C=O) groups is 6. The van der Waals surface area contributed by atoms with Crippen LogP contribution in [0.3, 0.4) is 0 Å². The second kappa shape index (κ2) is 48.5. The van der Waals surface area contributed by atoms with Crippen LogP contribution >= 0.6 is 0 Å². The van der Waals surface area contributed by atoms with Crippen LogP contribution in [-0.4, -0.2) is 126 Å². The average Bonchev–Trinajstić information content (AvgIpc) is 0.714. The lowest BCUT2D eigenvalue weighted by molar-refractivity contribution is -0.227. The van der Waals surface area contributed by atoms with Crippen molar-refractivity contribution in [2.45, 2.75) is 355 Å². The summed E-state index contributed by atoms with van der Waals surface area (Å²) in [7, 11) is -0.0439. The first-order chi connectivity index (χ1) is 70.1. The van der Waals surface area contributed by atoms with Gasteiger partial charge in [0.05, 0.1) is 54.9 Å². The molecule has 0 heterocycles. The van der Waals surface area contributed by atoms with Gasteiger partial charge in [0.1, 0.15) is 48.8 Å². The number of hydrogen-bond acceptors (Lipinski definition) is 15. The van der Waals surface area contributed by atoms with Gasteiger partial charge in [-0.3, -0.25) is 4.79 Å². The van der Waals surface area contributed by atoms with Crippen molar-refractivity contribution >= 4 is 68.5 Å². The maximum atomic E-state index is 13.3. The minimum absolute atomic E-state index is 0.0146. The Kier molecular flexibility index (Phi) is 36.2. The summed E-state index contributed by atoms with van der Waals surface area (Å²) in [6.45, 7) is 6.83. The fourth-order valence-corrected chi connectivity index (χ4v) is 32.5. The zero-order valence-electron chi connectivity index (χ0n) is 85.3. The molecule has 24 heteroatoms. The number of hydrogen-bond donors (Lipinski definition) is 0. The largest absolute Gasteiger partial charge is 0.459 e. The van der Waals surface area contributed by atoms with Crippen molar-refractivity contribution in [3.63, 3.8) is 0 Å². The lowest BCUT2D eigenvalue weighted by atomic mass is 9.48. The van der Waals surface area contributed by atoms with Gasteiger partial charge in [0, 0.05) is 20.8 Å². The zero-order chi connectivity index (χ0) is 103. The molecular formula is C122H145F6O15S3+3. The van der Waals surface area contributed by atoms with E-state index in [2.05, 4.69) is 280 Å². The SMILES string of the molecule is CC(F)(F)COC(=O)C12CC3CC(CC(OCC(=O)OC4(C)CCCCC4)(C3)C1)C2.CC1(OC(=O)COC23CC4CC(C2)C(OC(=O)C(C)(F)F)C(C4)C3)CCCCC1.CCC1(OC(=O)COC23CC4CC(C2)C(OC(=O)C(C)(F)F)C(C4)C3)CCCCC1.c1ccc([S+](c2ccccc2)c2ccccc2)cc1.c1ccc([S+](c2ccccc2)c2ccccc2)cc1.c1ccc([S+](c2ccccc2)c2ccccc2)cc1. The fourth-order valence-electron chi connectivity index (χ4n) is 26.2. The van der Waals surface area contributed by atoms with E-state index in [1.54, 1.807) is 0 Å². The van der Waals surface area contributed by atoms with Gasteiger partial charge in [-0.2, -0.15) is 17.6 Å². The van der Waals surface area contributed by atoms with Gasteiger partial charge in [0.25, 0.3) is 5.92 Å². The van der Waals surface area contributed by atoms with Crippen LogP contribution in [0, 0.1) is 52.8 Å². The number of benzene rings is 9. The average molecular weight is 2060 g/mol. The Hall–Kier alpha value is -9.69. The number of ether oxygens (including phenoxy) is 9. The summed E-state index contributed by atoms with van der Waals surface area (Å²) in [6.07, 6.45) is 27.6. The molecule has 15 nitrogen and oxygen atoms in total. The topological polar surface area (TPSA) is 185 Å². The molecule has 0 spiro atoms. The monoisotopic (exact) mass is 2060 g/mol. The predicted molar refractivity (Wildman–Crippen MR) is 555 cm³/mol. The van der Waals surface area contributed by atoms with Gasteiger partial charge < -0.3 is 42.6 Å². The van der Waals surface area contributed by atoms with Crippen molar-refractivity contribution in [2.24, 2.45) is 52.8 Å². The first kappa shape index (κ1) is 109. The van der Waals surface area contributed by atoms with E-state index in [1.807, 2.05) is 13.8 Å². The smallest absolute Gasteiger partial charge is 0.376 e. The Morgan fingerprint density at radius 2 is 0.568 bits per heavy atom. The normalized spacial score (nSPS) is 26.9. The van der Waals surface area contributed by atoms with Crippen LogP contribution in [0.5, 0.6) is 0 Å². The van der Waals surface area contributed by atoms with Crippen molar-refractivity contribution in [1.29, 1.82) is 0 Å². The zero-order valence-corrected chi connectivity index (χ0v) is 87.8. The standard InChI is InChI=1S/2C23H34F2O5.C22H32F2O5.3C18H15S/c1-20(6-4-3-5-7-20)30-18(26)13-29-23-11-16-8-17(12-23)10-22(9-16,14-23)19(27)28-15-21(2,24)25;1-3-22(7-5-4-6-8-22)30-18(26)14-28-23-11-15-9-16(12-23)19(17(10-15)13-23)29-20(27)21(2,24)25;1-20(6-4-3-5-7-20)29-17(25)13-27-22-10-14-8-15(11-22)18(16(9-14)12-22)28-19(26)21(2,23)24;3*1-4-10-16(11-5-1)19(17-12-6-2-7-13-17)18-14-8-3-9-15-18/h16-17H,3-15H2,1-2H3;15-17,19H,3-14H2,1-2H3;14-16,18H,3-13H2,1-2H3;3*1-15H/q;;;3*+1. The molecule has 6 atom stereocenters. The highest BCUT2D eigenvalue weighted by Crippen LogP contribution is 2.65. The first-order valence-electron chi connectivity index (χ1n) is 53.1. The van der Waals surface area contributed by atoms with E-state index in [9.17, 15) is 55.1 Å². The van der Waals surface area contributed by atoms with Crippen LogP contribution in [0.15, 0.2) is 317 Å². The molecule has 12 bridgehead atoms. The van der Waals surface area contributed by atoms with Gasteiger partial charge in [0.15, 0.2) is 50.7 Å². The third-order valence-corrected chi connectivity index (χ3v) is 38.6. The van der Waals surface area contributed by atoms with Crippen LogP contribution in [0.2, 0.25) is 0 Å². The third-order valence-electron chi connectivity index (χ3n) is 31.9. The molecule has 9 aromatic rings. The lowest BCUT2D eigenvalue weighted by Crippen LogP contribution is -2.60. The Labute approximate surface area is 867 Å². The molecule has 0 amide bonds. The van der Waals surface area contributed by atoms with Crippen LogP contribution in [-0.2, 0) is 104 Å². The molecule has 0 aliphatic heterocycles. The van der Waals surface area contributed by atoms with Crippen LogP contribution in [0.1, 0.15) is 247 Å². The van der Waals surface area contributed by atoms with E-state index >= 15 is 0 Å². The summed E-state index contributed by atoms with van der Waals surface area (Å²) >= 11 is 0. The van der Waals surface area contributed by atoms with Gasteiger partial charge >= 0.3 is 47.7 Å². The molecule has 15 fully saturated rings. The Morgan fingerprint density at radius 1 is 0.315 bits per heavy atom. The highest BCUT2D eigenvalue weighted by Gasteiger charge is 2.64. The number of halogens is 6. The summed E-state index contributed by atoms with van der Waals surface area (Å²) in [4.78, 5) is 86.0. The minimum Gasteiger partial charge on any atom is -0.459 e. The molecule has 780 valence electrons. The van der Waals surface area contributed by atoms with Crippen molar-refractivity contribution in [3.8, 4) is 0 Å². The molecule has 15 saturated carbocycles. The molecule has 15 aliphatic carbocycles. The van der Waals surface area contributed by atoms with Crippen LogP contribution in [0.4, 0.5) is 26.3 Å². The summed E-state index contributed by atoms with van der Waals surface area (Å²) in [5.74, 6) is -12.7. The second-order valence-electron chi connectivity index (χ2n) is 44.0. The maximum absolute atomic E-state index is 13.3. The Morgan fingerprint density at radius 3 is 0.829 bits per heavy atom. The molecule has 15 aliphatic rings. The molecule has 24 rings (SSSR count). The lowest BCUT2D eigenvalue weighted by Gasteiger charge is -2.60. The van der Waals surface area contributed by atoms with Crippen molar-refractivity contribution < 1.29 is 97.7 Å². The first-order valence-corrected chi connectivity index (χ1v) is 56.7. The molecule has 0 aromatic heterocycles. The third kappa shape index (κ3) is 28.7. The van der Waals surface area contributed by atoms with Gasteiger partial charge in [-0.05, 0) is 357 Å². The molecule has 0 N–H and O–H groups in total. The number of rotatable bonds is 29. The molecule has 6 unspecified atom stereocenters. The van der Waals surface area contributed by atoms with Crippen LogP contribution in [0.25, 0.3) is 0 Å². The Balaban J connectivity index is 0.000000127. The minimum atomic E-state index is -3.47. The van der Waals surface area contributed by atoms with Crippen molar-refractivity contribution in [3.05, 3.63) is 273 Å². The van der Waals surface area contributed by atoms with E-state index in [0.717, 1.165) is 148 Å². The summed E-state index contributed by atoms with van der Waals surface area (Å²) < 4.78 is 131. The number of alkyl halides is 6. The van der Waals surface area contributed by atoms with Gasteiger partial charge in [0.2, 0.25) is 0 Å². The van der Waals surface area contributed by atoms with E-state index in [-0.39, 0.29) is 105 Å². The molecule has 146 heavy (non-hydrogen) atoms. The van der Waals surface area contributed by atoms with E-state index in [0.29, 0.717) is 82.5 Å². The van der Waals surface area contributed by atoms with Crippen molar-refractivity contribution in [1.82, 2.24) is 0 Å². The molecule has 0 saturated heterocycles. The van der Waals surface area contributed by atoms with Crippen molar-refractivity contribution in [2.75, 3.05) is 26.4 Å². The molecular weight excluding hydrogens is 1920 g/mol. The number of esters is 6. The predicted octanol–water partition coefficient (Wildman–Crippen LogP) is 28.4. The van der Waals surface area contributed by atoms with Gasteiger partial charge in [-0.1, -0.05) is 190 Å². The molecule has 0 radical (unpaired) electrons. The van der Waals surface area contributed by atoms with Crippen LogP contribution < -0.4 is 0 Å². The van der Waals surface area contributed by atoms with Gasteiger partial charge in [-0.15, -0.1) is 0 Å². The maximum Gasteiger partial charge on any atom is 0.376 e. The second-order valence-corrected chi connectivity index (χ2v) is 50.1. The Bertz CT molecular complexity index is 5060. The van der Waals surface area contributed by atoms with Gasteiger partial charge in [-0.25, -0.2) is 32.8 Å². The summed E-state index contributed by atoms with van der Waals surface area (Å²) in [5, 5.41) is 0. The van der Waals surface area contributed by atoms with E-state index < -0.39 is 82.3 Å². The summed E-state index contributed by atoms with van der Waals surface area (Å²) in [5.41, 5.74) is -3.27. The molecule has 9 aromatic carbocycles. The van der Waals surface area contributed by atoms with E-state index in [4.69, 9.17) is 42.6 Å². The van der Waals surface area contributed by atoms with E-state index in [1.165, 1.54) is 63.3 Å². The highest BCUT2D eigenvalue weighted by molar-refractivity contribution is 7.97. The fraction of sp³-hybridized carbons (Fsp3) is 0.508. The quantitative estimate of drug-likeness (QED) is 0.0186.